The van der Waals surface area contributed by atoms with Crippen molar-refractivity contribution in [1.29, 1.82) is 0 Å². The Hall–Kier alpha value is -0.960. The molecule has 23 heavy (non-hydrogen) atoms. The van der Waals surface area contributed by atoms with Gasteiger partial charge in [0.25, 0.3) is 0 Å². The number of carbonyl (C=O) groups excluding carboxylic acids is 2. The lowest BCUT2D eigenvalue weighted by Gasteiger charge is -2.58. The molecule has 1 heterocycles. The van der Waals surface area contributed by atoms with Crippen LogP contribution in [-0.4, -0.2) is 24.8 Å². The Morgan fingerprint density at radius 2 is 1.91 bits per heavy atom. The van der Waals surface area contributed by atoms with Crippen molar-refractivity contribution in [3.63, 3.8) is 0 Å². The zero-order valence-corrected chi connectivity index (χ0v) is 14.7. The van der Waals surface area contributed by atoms with E-state index < -0.39 is 0 Å². The lowest BCUT2D eigenvalue weighted by molar-refractivity contribution is -0.114. The molecule has 0 bridgehead atoms. The summed E-state index contributed by atoms with van der Waals surface area (Å²) in [4.78, 5) is 21.9. The van der Waals surface area contributed by atoms with E-state index in [9.17, 15) is 9.59 Å². The molecule has 128 valence electrons. The maximum Gasteiger partial charge on any atom is 0.127 e. The second kappa shape index (κ2) is 5.84. The first-order chi connectivity index (χ1) is 10.9. The van der Waals surface area contributed by atoms with E-state index in [1.807, 2.05) is 6.08 Å². The predicted molar refractivity (Wildman–Crippen MR) is 90.0 cm³/mol. The van der Waals surface area contributed by atoms with Gasteiger partial charge < -0.3 is 14.3 Å². The minimum atomic E-state index is -0.288. The Kier molecular flexibility index (Phi) is 4.29. The molecule has 0 aromatic rings. The fourth-order valence-electron chi connectivity index (χ4n) is 5.76. The van der Waals surface area contributed by atoms with E-state index in [2.05, 4.69) is 26.8 Å². The number of epoxide rings is 1. The minimum Gasteiger partial charge on any atom is -0.369 e. The number of aldehydes is 2. The predicted octanol–water partition coefficient (Wildman–Crippen LogP) is 3.96. The summed E-state index contributed by atoms with van der Waals surface area (Å²) in [7, 11) is 0. The van der Waals surface area contributed by atoms with Crippen molar-refractivity contribution in [2.75, 3.05) is 6.61 Å². The molecule has 3 heteroatoms. The second-order valence-electron chi connectivity index (χ2n) is 8.86. The summed E-state index contributed by atoms with van der Waals surface area (Å²) in [5.41, 5.74) is 0.619. The molecule has 0 N–H and O–H groups in total. The number of carbonyl (C=O) groups is 2. The summed E-state index contributed by atoms with van der Waals surface area (Å²) in [6.07, 6.45) is 12.4. The van der Waals surface area contributed by atoms with Crippen molar-refractivity contribution < 1.29 is 14.3 Å². The first kappa shape index (κ1) is 16.9. The first-order valence-corrected chi connectivity index (χ1v) is 9.09. The monoisotopic (exact) mass is 318 g/mol. The van der Waals surface area contributed by atoms with E-state index in [-0.39, 0.29) is 23.4 Å². The van der Waals surface area contributed by atoms with Gasteiger partial charge in [-0.05, 0) is 42.4 Å². The van der Waals surface area contributed by atoms with Crippen LogP contribution in [0.4, 0.5) is 0 Å². The number of hydrogen-bond donors (Lipinski definition) is 0. The maximum atomic E-state index is 11.2. The Bertz CT molecular complexity index is 503. The van der Waals surface area contributed by atoms with Crippen molar-refractivity contribution in [1.82, 2.24) is 0 Å². The minimum absolute atomic E-state index is 0.00375. The third-order valence-corrected chi connectivity index (χ3v) is 7.02. The Balaban J connectivity index is 1.89. The molecule has 0 aromatic heterocycles. The fraction of sp³-hybridized carbons (Fsp3) is 0.800. The molecule has 3 aliphatic rings. The quantitative estimate of drug-likeness (QED) is 0.438. The molecular formula is C20H30O3. The van der Waals surface area contributed by atoms with Gasteiger partial charge in [0.2, 0.25) is 0 Å². The fourth-order valence-corrected chi connectivity index (χ4v) is 5.76. The van der Waals surface area contributed by atoms with Crippen LogP contribution >= 0.6 is 0 Å². The zero-order valence-electron chi connectivity index (χ0n) is 14.7. The van der Waals surface area contributed by atoms with Crippen LogP contribution in [0.2, 0.25) is 0 Å². The van der Waals surface area contributed by atoms with Crippen LogP contribution in [0.25, 0.3) is 0 Å². The van der Waals surface area contributed by atoms with Crippen LogP contribution in [-0.2, 0) is 14.3 Å². The van der Waals surface area contributed by atoms with Gasteiger partial charge in [-0.1, -0.05) is 39.3 Å². The normalized spacial score (nSPS) is 43.1. The van der Waals surface area contributed by atoms with Crippen molar-refractivity contribution in [3.8, 4) is 0 Å². The molecule has 5 atom stereocenters. The molecule has 2 aliphatic carbocycles. The highest BCUT2D eigenvalue weighted by Crippen LogP contribution is 2.65. The smallest absolute Gasteiger partial charge is 0.127 e. The van der Waals surface area contributed by atoms with Gasteiger partial charge in [0.1, 0.15) is 12.6 Å². The van der Waals surface area contributed by atoms with Crippen LogP contribution in [0, 0.1) is 28.6 Å². The average molecular weight is 318 g/mol. The van der Waals surface area contributed by atoms with Gasteiger partial charge in [-0.3, -0.25) is 0 Å². The van der Waals surface area contributed by atoms with Crippen molar-refractivity contribution in [2.45, 2.75) is 64.9 Å². The molecule has 0 radical (unpaired) electrons. The van der Waals surface area contributed by atoms with Crippen LogP contribution in [0.1, 0.15) is 59.3 Å². The van der Waals surface area contributed by atoms with Crippen molar-refractivity contribution in [3.05, 3.63) is 12.2 Å². The largest absolute Gasteiger partial charge is 0.369 e. The second-order valence-corrected chi connectivity index (χ2v) is 8.86. The van der Waals surface area contributed by atoms with Crippen LogP contribution in [0.3, 0.4) is 0 Å². The summed E-state index contributed by atoms with van der Waals surface area (Å²) in [5, 5.41) is 0. The molecule has 2 saturated carbocycles. The average Bonchev–Trinajstić information content (AvgIpc) is 3.24. The van der Waals surface area contributed by atoms with Crippen molar-refractivity contribution >= 4 is 12.6 Å². The van der Waals surface area contributed by atoms with Gasteiger partial charge in [-0.25, -0.2) is 0 Å². The highest BCUT2D eigenvalue weighted by Gasteiger charge is 2.64. The number of fused-ring (bicyclic) bond motifs is 1. The molecule has 1 saturated heterocycles. The standard InChI is InChI=1S/C20H30O3/c1-18(2)9-4-10-19(3)16(18)7-11-20(14-23-20)17(19)6-5-15(13-22)8-12-21/h5-6,12-13,15-17H,4,7-11,14H2,1-3H3/b6-5+. The van der Waals surface area contributed by atoms with Crippen molar-refractivity contribution in [2.24, 2.45) is 28.6 Å². The topological polar surface area (TPSA) is 46.7 Å². The van der Waals surface area contributed by atoms with Gasteiger partial charge in [-0.2, -0.15) is 0 Å². The van der Waals surface area contributed by atoms with E-state index in [4.69, 9.17) is 4.74 Å². The summed E-state index contributed by atoms with van der Waals surface area (Å²) in [6, 6.07) is 0. The molecule has 3 fully saturated rings. The van der Waals surface area contributed by atoms with E-state index >= 15 is 0 Å². The molecule has 5 unspecified atom stereocenters. The third kappa shape index (κ3) is 2.82. The molecule has 0 amide bonds. The van der Waals surface area contributed by atoms with Gasteiger partial charge in [-0.15, -0.1) is 0 Å². The van der Waals surface area contributed by atoms with E-state index in [1.54, 1.807) is 0 Å². The van der Waals surface area contributed by atoms with Crippen LogP contribution in [0.15, 0.2) is 12.2 Å². The van der Waals surface area contributed by atoms with E-state index in [0.29, 0.717) is 17.3 Å². The summed E-state index contributed by atoms with van der Waals surface area (Å²) in [6.45, 7) is 8.13. The van der Waals surface area contributed by atoms with E-state index in [1.165, 1.54) is 25.7 Å². The number of hydrogen-bond acceptors (Lipinski definition) is 3. The molecule has 1 aliphatic heterocycles. The van der Waals surface area contributed by atoms with Gasteiger partial charge in [0.15, 0.2) is 0 Å². The highest BCUT2D eigenvalue weighted by molar-refractivity contribution is 5.64. The Morgan fingerprint density at radius 3 is 2.52 bits per heavy atom. The van der Waals surface area contributed by atoms with Crippen LogP contribution < -0.4 is 0 Å². The number of allylic oxidation sites excluding steroid dienone is 1. The highest BCUT2D eigenvalue weighted by atomic mass is 16.6. The molecule has 3 rings (SSSR count). The molecule has 0 aromatic carbocycles. The van der Waals surface area contributed by atoms with Gasteiger partial charge in [0, 0.05) is 18.3 Å². The Morgan fingerprint density at radius 1 is 1.17 bits per heavy atom. The molecule has 3 nitrogen and oxygen atoms in total. The lowest BCUT2D eigenvalue weighted by atomic mass is 9.46. The third-order valence-electron chi connectivity index (χ3n) is 7.02. The number of rotatable bonds is 5. The summed E-state index contributed by atoms with van der Waals surface area (Å²) in [5.74, 6) is 0.778. The summed E-state index contributed by atoms with van der Waals surface area (Å²) >= 11 is 0. The van der Waals surface area contributed by atoms with Gasteiger partial charge in [0.05, 0.1) is 12.2 Å². The number of ether oxygens (including phenoxy) is 1. The zero-order chi connectivity index (χ0) is 16.7. The maximum absolute atomic E-state index is 11.2. The lowest BCUT2D eigenvalue weighted by Crippen LogP contribution is -2.54. The van der Waals surface area contributed by atoms with Crippen LogP contribution in [0.5, 0.6) is 0 Å². The SMILES string of the molecule is CC1(C)CCCC2(C)C1CCC1(CO1)C2/C=C/C(C=O)CC=O. The molecule has 1 spiro atoms. The Labute approximate surface area is 139 Å². The molecular weight excluding hydrogens is 288 g/mol. The first-order valence-electron chi connectivity index (χ1n) is 9.09. The van der Waals surface area contributed by atoms with Gasteiger partial charge >= 0.3 is 0 Å². The summed E-state index contributed by atoms with van der Waals surface area (Å²) < 4.78 is 5.95. The van der Waals surface area contributed by atoms with E-state index in [0.717, 1.165) is 25.6 Å².